The molecule has 1 atom stereocenters. The average molecular weight is 273 g/mol. The summed E-state index contributed by atoms with van der Waals surface area (Å²) in [5.74, 6) is -0.0365. The van der Waals surface area contributed by atoms with E-state index in [-0.39, 0.29) is 24.4 Å². The van der Waals surface area contributed by atoms with Crippen molar-refractivity contribution in [1.82, 2.24) is 5.32 Å². The zero-order valence-corrected chi connectivity index (χ0v) is 11.6. The minimum Gasteiger partial charge on any atom is -0.380 e. The Labute approximate surface area is 114 Å². The number of carbonyl (C=O) groups excluding carboxylic acids is 1. The van der Waals surface area contributed by atoms with E-state index in [1.54, 1.807) is 7.11 Å². The van der Waals surface area contributed by atoms with Crippen LogP contribution in [0.3, 0.4) is 0 Å². The fourth-order valence-electron chi connectivity index (χ4n) is 1.54. The number of amides is 1. The molecule has 1 rings (SSSR count). The zero-order chi connectivity index (χ0) is 12.7. The molecule has 0 aromatic heterocycles. The Morgan fingerprint density at radius 1 is 1.44 bits per heavy atom. The third kappa shape index (κ3) is 5.49. The van der Waals surface area contributed by atoms with E-state index < -0.39 is 0 Å². The molecule has 1 aromatic rings. The Bertz CT molecular complexity index is 368. The maximum Gasteiger partial charge on any atom is 0.222 e. The van der Waals surface area contributed by atoms with Crippen LogP contribution in [0.5, 0.6) is 0 Å². The van der Waals surface area contributed by atoms with Crippen LogP contribution in [0.1, 0.15) is 17.5 Å². The summed E-state index contributed by atoms with van der Waals surface area (Å²) in [5, 5.41) is 2.86. The highest BCUT2D eigenvalue weighted by molar-refractivity contribution is 5.85. The van der Waals surface area contributed by atoms with Crippen molar-refractivity contribution < 1.29 is 9.53 Å². The number of hydrogen-bond acceptors (Lipinski definition) is 3. The van der Waals surface area contributed by atoms with Crippen LogP contribution in [-0.2, 0) is 16.1 Å². The molecule has 0 heterocycles. The van der Waals surface area contributed by atoms with E-state index in [2.05, 4.69) is 5.32 Å². The Balaban J connectivity index is 0.00000289. The summed E-state index contributed by atoms with van der Waals surface area (Å²) in [4.78, 5) is 11.6. The Morgan fingerprint density at radius 3 is 2.67 bits per heavy atom. The zero-order valence-electron chi connectivity index (χ0n) is 10.8. The molecule has 0 spiro atoms. The number of rotatable bonds is 6. The van der Waals surface area contributed by atoms with Crippen molar-refractivity contribution in [3.8, 4) is 0 Å². The molecule has 0 saturated carbocycles. The molecule has 0 aliphatic heterocycles. The minimum absolute atomic E-state index is 0. The molecule has 4 nitrogen and oxygen atoms in total. The van der Waals surface area contributed by atoms with E-state index in [4.69, 9.17) is 10.5 Å². The molecule has 102 valence electrons. The van der Waals surface area contributed by atoms with Crippen molar-refractivity contribution in [1.29, 1.82) is 0 Å². The number of methoxy groups -OCH3 is 1. The Hall–Kier alpha value is -1.10. The Kier molecular flexibility index (Phi) is 8.37. The lowest BCUT2D eigenvalue weighted by Gasteiger charge is -2.13. The van der Waals surface area contributed by atoms with Gasteiger partial charge in [-0.05, 0) is 18.1 Å². The Morgan fingerprint density at radius 2 is 2.11 bits per heavy atom. The second kappa shape index (κ2) is 8.91. The van der Waals surface area contributed by atoms with E-state index in [0.29, 0.717) is 19.5 Å². The third-order valence-electron chi connectivity index (χ3n) is 2.75. The normalized spacial score (nSPS) is 11.5. The van der Waals surface area contributed by atoms with Crippen LogP contribution in [0.4, 0.5) is 0 Å². The molecule has 3 N–H and O–H groups in total. The van der Waals surface area contributed by atoms with Crippen LogP contribution < -0.4 is 11.1 Å². The van der Waals surface area contributed by atoms with Crippen molar-refractivity contribution in [2.75, 3.05) is 13.7 Å². The van der Waals surface area contributed by atoms with Crippen molar-refractivity contribution in [2.45, 2.75) is 26.0 Å². The molecule has 0 aliphatic rings. The first kappa shape index (κ1) is 16.9. The van der Waals surface area contributed by atoms with Gasteiger partial charge in [0.15, 0.2) is 0 Å². The molecular formula is C13H21ClN2O2. The van der Waals surface area contributed by atoms with Crippen LogP contribution in [-0.4, -0.2) is 25.7 Å². The fraction of sp³-hybridized carbons (Fsp3) is 0.462. The average Bonchev–Trinajstić information content (AvgIpc) is 2.35. The standard InChI is InChI=1S/C13H20N2O2.ClH/c1-10-5-3-4-6-11(10)9-15-13(16)7-12(8-14)17-2;/h3-6,12H,7-9,14H2,1-2H3,(H,15,16);1H. The molecule has 0 bridgehead atoms. The number of hydrogen-bond donors (Lipinski definition) is 2. The van der Waals surface area contributed by atoms with Gasteiger partial charge in [0.25, 0.3) is 0 Å². The molecule has 1 amide bonds. The smallest absolute Gasteiger partial charge is 0.222 e. The monoisotopic (exact) mass is 272 g/mol. The van der Waals surface area contributed by atoms with Gasteiger partial charge in [-0.25, -0.2) is 0 Å². The van der Waals surface area contributed by atoms with E-state index in [1.807, 2.05) is 31.2 Å². The van der Waals surface area contributed by atoms with Crippen LogP contribution in [0.25, 0.3) is 0 Å². The minimum atomic E-state index is -0.202. The second-order valence-electron chi connectivity index (χ2n) is 4.00. The highest BCUT2D eigenvalue weighted by atomic mass is 35.5. The summed E-state index contributed by atoms with van der Waals surface area (Å²) in [6.45, 7) is 2.93. The van der Waals surface area contributed by atoms with Crippen molar-refractivity contribution >= 4 is 18.3 Å². The van der Waals surface area contributed by atoms with Crippen molar-refractivity contribution in [3.05, 3.63) is 35.4 Å². The lowest BCUT2D eigenvalue weighted by Crippen LogP contribution is -2.32. The number of aryl methyl sites for hydroxylation is 1. The van der Waals surface area contributed by atoms with Gasteiger partial charge in [0, 0.05) is 20.2 Å². The van der Waals surface area contributed by atoms with Gasteiger partial charge in [0.05, 0.1) is 12.5 Å². The first-order valence-electron chi connectivity index (χ1n) is 5.71. The van der Waals surface area contributed by atoms with Crippen LogP contribution >= 0.6 is 12.4 Å². The first-order chi connectivity index (χ1) is 8.17. The van der Waals surface area contributed by atoms with Gasteiger partial charge in [-0.2, -0.15) is 0 Å². The summed E-state index contributed by atoms with van der Waals surface area (Å²) < 4.78 is 5.06. The van der Waals surface area contributed by atoms with Gasteiger partial charge in [-0.1, -0.05) is 24.3 Å². The van der Waals surface area contributed by atoms with Crippen molar-refractivity contribution in [2.24, 2.45) is 5.73 Å². The molecule has 5 heteroatoms. The van der Waals surface area contributed by atoms with Gasteiger partial charge >= 0.3 is 0 Å². The van der Waals surface area contributed by atoms with Gasteiger partial charge < -0.3 is 15.8 Å². The van der Waals surface area contributed by atoms with Gasteiger partial charge in [-0.15, -0.1) is 12.4 Å². The van der Waals surface area contributed by atoms with E-state index >= 15 is 0 Å². The summed E-state index contributed by atoms with van der Waals surface area (Å²) in [7, 11) is 1.56. The van der Waals surface area contributed by atoms with Crippen LogP contribution in [0.15, 0.2) is 24.3 Å². The van der Waals surface area contributed by atoms with Gasteiger partial charge in [-0.3, -0.25) is 4.79 Å². The van der Waals surface area contributed by atoms with Crippen LogP contribution in [0.2, 0.25) is 0 Å². The molecule has 0 radical (unpaired) electrons. The summed E-state index contributed by atoms with van der Waals surface area (Å²) in [5.41, 5.74) is 7.76. The van der Waals surface area contributed by atoms with E-state index in [1.165, 1.54) is 5.56 Å². The molecule has 0 fully saturated rings. The maximum atomic E-state index is 11.6. The molecule has 1 aromatic carbocycles. The molecule has 0 aliphatic carbocycles. The maximum absolute atomic E-state index is 11.6. The number of carbonyl (C=O) groups is 1. The predicted octanol–water partition coefficient (Wildman–Crippen LogP) is 1.40. The van der Waals surface area contributed by atoms with Gasteiger partial charge in [0.1, 0.15) is 0 Å². The topological polar surface area (TPSA) is 64.3 Å². The fourth-order valence-corrected chi connectivity index (χ4v) is 1.54. The van der Waals surface area contributed by atoms with E-state index in [0.717, 1.165) is 5.56 Å². The van der Waals surface area contributed by atoms with E-state index in [9.17, 15) is 4.79 Å². The highest BCUT2D eigenvalue weighted by Crippen LogP contribution is 2.06. The summed E-state index contributed by atoms with van der Waals surface area (Å²) >= 11 is 0. The quantitative estimate of drug-likeness (QED) is 0.823. The lowest BCUT2D eigenvalue weighted by molar-refractivity contribution is -0.123. The van der Waals surface area contributed by atoms with Crippen molar-refractivity contribution in [3.63, 3.8) is 0 Å². The summed E-state index contributed by atoms with van der Waals surface area (Å²) in [6.07, 6.45) is 0.102. The number of nitrogens with two attached hydrogens (primary N) is 1. The number of nitrogens with one attached hydrogen (secondary N) is 1. The molecule has 0 saturated heterocycles. The second-order valence-corrected chi connectivity index (χ2v) is 4.00. The largest absolute Gasteiger partial charge is 0.380 e. The first-order valence-corrected chi connectivity index (χ1v) is 5.71. The summed E-state index contributed by atoms with van der Waals surface area (Å²) in [6, 6.07) is 7.98. The van der Waals surface area contributed by atoms with Gasteiger partial charge in [0.2, 0.25) is 5.91 Å². The third-order valence-corrected chi connectivity index (χ3v) is 2.75. The lowest BCUT2D eigenvalue weighted by atomic mass is 10.1. The predicted molar refractivity (Wildman–Crippen MR) is 74.7 cm³/mol. The molecular weight excluding hydrogens is 252 g/mol. The number of ether oxygens (including phenoxy) is 1. The number of halogens is 1. The molecule has 18 heavy (non-hydrogen) atoms. The highest BCUT2D eigenvalue weighted by Gasteiger charge is 2.11. The SMILES string of the molecule is COC(CN)CC(=O)NCc1ccccc1C.Cl. The number of benzene rings is 1. The molecule has 1 unspecified atom stereocenters. The van der Waals surface area contributed by atoms with Crippen LogP contribution in [0, 0.1) is 6.92 Å².